The van der Waals surface area contributed by atoms with Gasteiger partial charge in [-0.3, -0.25) is 9.59 Å². The largest absolute Gasteiger partial charge is 0.340 e. The highest BCUT2D eigenvalue weighted by Gasteiger charge is 2.41. The minimum absolute atomic E-state index is 0.0287. The Morgan fingerprint density at radius 2 is 1.74 bits per heavy atom. The van der Waals surface area contributed by atoms with Crippen molar-refractivity contribution in [1.29, 1.82) is 0 Å². The van der Waals surface area contributed by atoms with Crippen LogP contribution in [0.15, 0.2) is 54.6 Å². The van der Waals surface area contributed by atoms with Gasteiger partial charge in [-0.2, -0.15) is 0 Å². The summed E-state index contributed by atoms with van der Waals surface area (Å²) in [6, 6.07) is 16.4. The van der Waals surface area contributed by atoms with E-state index in [9.17, 15) is 14.0 Å². The molecule has 3 aliphatic heterocycles. The van der Waals surface area contributed by atoms with Crippen LogP contribution in [0.4, 0.5) is 4.39 Å². The number of hydrogen-bond acceptors (Lipinski definition) is 2. The third-order valence-electron chi connectivity index (χ3n) is 5.64. The molecule has 0 radical (unpaired) electrons. The van der Waals surface area contributed by atoms with Crippen molar-refractivity contribution in [1.82, 2.24) is 9.80 Å². The van der Waals surface area contributed by atoms with Gasteiger partial charge in [-0.15, -0.1) is 0 Å². The van der Waals surface area contributed by atoms with Gasteiger partial charge in [0.2, 0.25) is 11.8 Å². The van der Waals surface area contributed by atoms with Crippen molar-refractivity contribution < 1.29 is 14.0 Å². The zero-order valence-corrected chi connectivity index (χ0v) is 15.2. The van der Waals surface area contributed by atoms with E-state index in [1.807, 2.05) is 35.2 Å². The number of carbonyl (C=O) groups excluding carboxylic acids is 2. The number of carbonyl (C=O) groups is 2. The van der Waals surface area contributed by atoms with Crippen LogP contribution in [0, 0.1) is 11.7 Å². The second-order valence-electron chi connectivity index (χ2n) is 7.45. The number of rotatable bonds is 4. The number of piperidine rings is 1. The highest BCUT2D eigenvalue weighted by Crippen LogP contribution is 2.30. The van der Waals surface area contributed by atoms with E-state index in [1.54, 1.807) is 23.1 Å². The van der Waals surface area contributed by atoms with Crippen LogP contribution in [0.1, 0.15) is 24.0 Å². The van der Waals surface area contributed by atoms with Gasteiger partial charge >= 0.3 is 0 Å². The average Bonchev–Trinajstić information content (AvgIpc) is 2.97. The second-order valence-corrected chi connectivity index (χ2v) is 7.45. The first-order chi connectivity index (χ1) is 13.1. The predicted molar refractivity (Wildman–Crippen MR) is 100 cm³/mol. The van der Waals surface area contributed by atoms with Crippen LogP contribution >= 0.6 is 0 Å². The molecule has 4 nitrogen and oxygen atoms in total. The van der Waals surface area contributed by atoms with Crippen molar-refractivity contribution in [2.45, 2.75) is 31.8 Å². The Bertz CT molecular complexity index is 839. The summed E-state index contributed by atoms with van der Waals surface area (Å²) in [5.41, 5.74) is 1.51. The lowest BCUT2D eigenvalue weighted by molar-refractivity contribution is -0.140. The highest BCUT2D eigenvalue weighted by atomic mass is 19.1. The molecule has 3 fully saturated rings. The van der Waals surface area contributed by atoms with Crippen molar-refractivity contribution in [2.75, 3.05) is 13.1 Å². The molecular formula is C22H23FN2O2. The molecule has 3 saturated heterocycles. The monoisotopic (exact) mass is 366 g/mol. The van der Waals surface area contributed by atoms with Gasteiger partial charge < -0.3 is 9.80 Å². The molecule has 140 valence electrons. The third-order valence-corrected chi connectivity index (χ3v) is 5.64. The molecule has 0 N–H and O–H groups in total. The number of fused-ring (bicyclic) bond motifs is 4. The van der Waals surface area contributed by atoms with Crippen molar-refractivity contribution in [3.63, 3.8) is 0 Å². The fourth-order valence-electron chi connectivity index (χ4n) is 4.15. The quantitative estimate of drug-likeness (QED) is 0.835. The predicted octanol–water partition coefficient (Wildman–Crippen LogP) is 3.02. The summed E-state index contributed by atoms with van der Waals surface area (Å²) in [7, 11) is 0. The Labute approximate surface area is 158 Å². The smallest absolute Gasteiger partial charge is 0.228 e. The maximum absolute atomic E-state index is 13.9. The van der Waals surface area contributed by atoms with Crippen molar-refractivity contribution in [2.24, 2.45) is 5.92 Å². The van der Waals surface area contributed by atoms with Gasteiger partial charge in [0.1, 0.15) is 5.82 Å². The minimum atomic E-state index is -0.356. The van der Waals surface area contributed by atoms with Crippen molar-refractivity contribution in [3.05, 3.63) is 71.5 Å². The fourth-order valence-corrected chi connectivity index (χ4v) is 4.15. The lowest BCUT2D eigenvalue weighted by Crippen LogP contribution is -2.47. The molecular weight excluding hydrogens is 343 g/mol. The summed E-state index contributed by atoms with van der Waals surface area (Å²) in [5, 5.41) is 0. The molecule has 0 spiro atoms. The van der Waals surface area contributed by atoms with E-state index >= 15 is 0 Å². The molecule has 2 atom stereocenters. The lowest BCUT2D eigenvalue weighted by Gasteiger charge is -2.36. The topological polar surface area (TPSA) is 40.6 Å². The molecule has 0 saturated carbocycles. The van der Waals surface area contributed by atoms with Crippen LogP contribution in [-0.2, 0) is 22.6 Å². The standard InChI is InChI=1S/C22H23FN2O2/c23-20-9-5-4-8-17(20)12-21(26)24-14-18-10-11-19(15-24)25(22(18)27)13-16-6-2-1-3-7-16/h1-9,18-19H,10-15H2/t18-,19+/m0/s1. The maximum atomic E-state index is 13.9. The highest BCUT2D eigenvalue weighted by molar-refractivity contribution is 5.84. The van der Waals surface area contributed by atoms with Gasteiger partial charge in [-0.25, -0.2) is 4.39 Å². The summed E-state index contributed by atoms with van der Waals surface area (Å²) < 4.78 is 13.9. The van der Waals surface area contributed by atoms with Crippen LogP contribution in [0.2, 0.25) is 0 Å². The average molecular weight is 366 g/mol. The Morgan fingerprint density at radius 3 is 2.52 bits per heavy atom. The molecule has 0 aliphatic carbocycles. The molecule has 2 bridgehead atoms. The normalized spacial score (nSPS) is 22.0. The van der Waals surface area contributed by atoms with Crippen molar-refractivity contribution in [3.8, 4) is 0 Å². The fraction of sp³-hybridized carbons (Fsp3) is 0.364. The SMILES string of the molecule is O=C(Cc1ccccc1F)N1C[C@@H]2CC[C@H](C1)N(Cc1ccccc1)C2=O. The van der Waals surface area contributed by atoms with Gasteiger partial charge in [0.15, 0.2) is 0 Å². The lowest BCUT2D eigenvalue weighted by atomic mass is 9.93. The van der Waals surface area contributed by atoms with E-state index in [0.29, 0.717) is 25.2 Å². The van der Waals surface area contributed by atoms with E-state index < -0.39 is 0 Å². The summed E-state index contributed by atoms with van der Waals surface area (Å²) in [4.78, 5) is 29.4. The van der Waals surface area contributed by atoms with E-state index in [0.717, 1.165) is 18.4 Å². The summed E-state index contributed by atoms with van der Waals surface area (Å²) in [6.45, 7) is 1.55. The maximum Gasteiger partial charge on any atom is 0.228 e. The van der Waals surface area contributed by atoms with Crippen LogP contribution < -0.4 is 0 Å². The molecule has 5 rings (SSSR count). The van der Waals surface area contributed by atoms with E-state index in [-0.39, 0.29) is 36.0 Å². The molecule has 2 aromatic carbocycles. The van der Waals surface area contributed by atoms with Gasteiger partial charge in [0.25, 0.3) is 0 Å². The molecule has 3 heterocycles. The van der Waals surface area contributed by atoms with E-state index in [4.69, 9.17) is 0 Å². The Hall–Kier alpha value is -2.69. The van der Waals surface area contributed by atoms with E-state index in [2.05, 4.69) is 0 Å². The second kappa shape index (κ2) is 7.51. The molecule has 0 aromatic heterocycles. The van der Waals surface area contributed by atoms with Crippen molar-refractivity contribution >= 4 is 11.8 Å². The number of halogens is 1. The third kappa shape index (κ3) is 3.72. The summed E-state index contributed by atoms with van der Waals surface area (Å²) in [6.07, 6.45) is 1.77. The van der Waals surface area contributed by atoms with Gasteiger partial charge in [0, 0.05) is 25.7 Å². The molecule has 5 heteroatoms. The summed E-state index contributed by atoms with van der Waals surface area (Å²) >= 11 is 0. The van der Waals surface area contributed by atoms with Crippen LogP contribution in [0.5, 0.6) is 0 Å². The van der Waals surface area contributed by atoms with Gasteiger partial charge in [0.05, 0.1) is 12.3 Å². The van der Waals surface area contributed by atoms with Gasteiger partial charge in [-0.05, 0) is 30.0 Å². The number of amides is 2. The Morgan fingerprint density at radius 1 is 1.00 bits per heavy atom. The van der Waals surface area contributed by atoms with E-state index in [1.165, 1.54) is 6.07 Å². The molecule has 27 heavy (non-hydrogen) atoms. The zero-order valence-electron chi connectivity index (χ0n) is 15.2. The van der Waals surface area contributed by atoms with Crippen LogP contribution in [0.25, 0.3) is 0 Å². The first-order valence-corrected chi connectivity index (χ1v) is 9.47. The number of benzene rings is 2. The van der Waals surface area contributed by atoms with Gasteiger partial charge in [-0.1, -0.05) is 48.5 Å². The summed E-state index contributed by atoms with van der Waals surface area (Å²) in [5.74, 6) is -0.481. The first kappa shape index (κ1) is 17.7. The molecule has 0 unspecified atom stereocenters. The molecule has 2 aromatic rings. The Balaban J connectivity index is 1.49. The number of nitrogens with zero attached hydrogens (tertiary/aromatic N) is 2. The zero-order chi connectivity index (χ0) is 18.8. The molecule has 2 amide bonds. The van der Waals surface area contributed by atoms with Crippen LogP contribution in [-0.4, -0.2) is 40.7 Å². The first-order valence-electron chi connectivity index (χ1n) is 9.47. The van der Waals surface area contributed by atoms with Crippen LogP contribution in [0.3, 0.4) is 0 Å². The Kier molecular flexibility index (Phi) is 4.92. The number of hydrogen-bond donors (Lipinski definition) is 0. The molecule has 3 aliphatic rings. The minimum Gasteiger partial charge on any atom is -0.340 e.